The van der Waals surface area contributed by atoms with E-state index in [4.69, 9.17) is 10.5 Å². The van der Waals surface area contributed by atoms with E-state index in [1.54, 1.807) is 12.1 Å². The van der Waals surface area contributed by atoms with Crippen LogP contribution in [-0.4, -0.2) is 17.4 Å². The van der Waals surface area contributed by atoms with Crippen molar-refractivity contribution in [2.24, 2.45) is 5.73 Å². The number of ether oxygens (including phenoxy) is 2. The number of aromatic amines is 1. The number of hydrogen-bond acceptors (Lipinski definition) is 5. The maximum absolute atomic E-state index is 12.3. The molecule has 24 heavy (non-hydrogen) atoms. The van der Waals surface area contributed by atoms with Gasteiger partial charge in [-0.1, -0.05) is 17.8 Å². The van der Waals surface area contributed by atoms with Gasteiger partial charge in [-0.25, -0.2) is 4.79 Å². The topological polar surface area (TPSA) is 77.3 Å². The van der Waals surface area contributed by atoms with Crippen molar-refractivity contribution in [2.45, 2.75) is 16.2 Å². The summed E-state index contributed by atoms with van der Waals surface area (Å²) in [6, 6.07) is 7.31. The predicted molar refractivity (Wildman–Crippen MR) is 83.6 cm³/mol. The maximum Gasteiger partial charge on any atom is 0.573 e. The van der Waals surface area contributed by atoms with Gasteiger partial charge in [0.1, 0.15) is 5.75 Å². The summed E-state index contributed by atoms with van der Waals surface area (Å²) < 4.78 is 46.6. The van der Waals surface area contributed by atoms with E-state index in [9.17, 15) is 18.0 Å². The second kappa shape index (κ2) is 6.29. The fourth-order valence-electron chi connectivity index (χ4n) is 1.98. The molecule has 0 aliphatic carbocycles. The van der Waals surface area contributed by atoms with Crippen LogP contribution in [0.25, 0.3) is 10.2 Å². The number of hydrogen-bond donors (Lipinski definition) is 2. The smallest absolute Gasteiger partial charge is 0.406 e. The predicted octanol–water partition coefficient (Wildman–Crippen LogP) is 4.74. The largest absolute Gasteiger partial charge is 0.573 e. The maximum atomic E-state index is 12.3. The van der Waals surface area contributed by atoms with Crippen molar-refractivity contribution in [3.05, 3.63) is 35.7 Å². The Balaban J connectivity index is 1.93. The monoisotopic (exact) mass is 374 g/mol. The number of fused-ring (bicyclic) bond motifs is 1. The average Bonchev–Trinajstić information content (AvgIpc) is 3.00. The number of thiophene rings is 1. The highest BCUT2D eigenvalue weighted by atomic mass is 32.2. The van der Waals surface area contributed by atoms with E-state index in [1.165, 1.54) is 29.5 Å². The van der Waals surface area contributed by atoms with Gasteiger partial charge in [-0.2, -0.15) is 0 Å². The van der Waals surface area contributed by atoms with Crippen molar-refractivity contribution in [3.63, 3.8) is 0 Å². The molecule has 0 bridgehead atoms. The average molecular weight is 374 g/mol. The van der Waals surface area contributed by atoms with Gasteiger partial charge in [-0.15, -0.1) is 24.5 Å². The molecule has 0 spiro atoms. The molecule has 3 aromatic rings. The van der Waals surface area contributed by atoms with E-state index in [2.05, 4.69) is 9.72 Å². The second-order valence-corrected chi connectivity index (χ2v) is 6.49. The highest BCUT2D eigenvalue weighted by molar-refractivity contribution is 7.99. The number of aromatic nitrogens is 1. The summed E-state index contributed by atoms with van der Waals surface area (Å²) in [5.74, 6) is -0.181. The molecule has 2 heterocycles. The van der Waals surface area contributed by atoms with E-state index in [0.717, 1.165) is 22.0 Å². The van der Waals surface area contributed by atoms with Gasteiger partial charge in [0.05, 0.1) is 15.1 Å². The first-order valence-corrected chi connectivity index (χ1v) is 8.11. The van der Waals surface area contributed by atoms with E-state index in [-0.39, 0.29) is 11.6 Å². The number of nitrogens with one attached hydrogen (secondary N) is 1. The molecule has 0 fully saturated rings. The zero-order chi connectivity index (χ0) is 17.3. The van der Waals surface area contributed by atoms with Gasteiger partial charge in [0, 0.05) is 4.90 Å². The lowest BCUT2D eigenvalue weighted by atomic mass is 10.3. The third-order valence-corrected chi connectivity index (χ3v) is 4.93. The standard InChI is InChI=1S/C14H9F3N2O3S2/c15-14(16,17)22-7-2-1-3-8(6-7)24-11-10-9(4-5-23-10)19-12(11)21-13(18)20/h1-6,19H,(H2,18,20). The number of benzene rings is 1. The van der Waals surface area contributed by atoms with Crippen LogP contribution in [0.15, 0.2) is 45.5 Å². The van der Waals surface area contributed by atoms with Gasteiger partial charge in [0.2, 0.25) is 5.88 Å². The lowest BCUT2D eigenvalue weighted by Crippen LogP contribution is -2.17. The Labute approximate surface area is 141 Å². The van der Waals surface area contributed by atoms with Crippen LogP contribution in [0, 0.1) is 0 Å². The number of H-pyrrole nitrogens is 1. The molecule has 3 rings (SSSR count). The van der Waals surface area contributed by atoms with Crippen molar-refractivity contribution in [1.29, 1.82) is 0 Å². The lowest BCUT2D eigenvalue weighted by molar-refractivity contribution is -0.274. The van der Waals surface area contributed by atoms with Crippen molar-refractivity contribution < 1.29 is 27.4 Å². The highest BCUT2D eigenvalue weighted by Crippen LogP contribution is 2.43. The Morgan fingerprint density at radius 1 is 1.29 bits per heavy atom. The van der Waals surface area contributed by atoms with Crippen LogP contribution in [-0.2, 0) is 0 Å². The Morgan fingerprint density at radius 2 is 2.08 bits per heavy atom. The summed E-state index contributed by atoms with van der Waals surface area (Å²) >= 11 is 2.54. The summed E-state index contributed by atoms with van der Waals surface area (Å²) in [6.07, 6.45) is -5.75. The van der Waals surface area contributed by atoms with Crippen molar-refractivity contribution in [3.8, 4) is 11.6 Å². The van der Waals surface area contributed by atoms with Gasteiger partial charge in [0.15, 0.2) is 0 Å². The zero-order valence-electron chi connectivity index (χ0n) is 11.7. The van der Waals surface area contributed by atoms with E-state index >= 15 is 0 Å². The van der Waals surface area contributed by atoms with Gasteiger partial charge < -0.3 is 20.2 Å². The quantitative estimate of drug-likeness (QED) is 0.692. The van der Waals surface area contributed by atoms with Crippen LogP contribution in [0.3, 0.4) is 0 Å². The zero-order valence-corrected chi connectivity index (χ0v) is 13.3. The first kappa shape index (κ1) is 16.5. The molecule has 0 radical (unpaired) electrons. The fourth-order valence-corrected chi connectivity index (χ4v) is 3.98. The van der Waals surface area contributed by atoms with E-state index < -0.39 is 12.5 Å². The molecule has 0 saturated carbocycles. The van der Waals surface area contributed by atoms with Gasteiger partial charge in [-0.3, -0.25) is 0 Å². The number of carbonyl (C=O) groups is 1. The molecule has 0 aliphatic heterocycles. The molecule has 126 valence electrons. The molecule has 2 aromatic heterocycles. The van der Waals surface area contributed by atoms with Crippen LogP contribution in [0.1, 0.15) is 0 Å². The Morgan fingerprint density at radius 3 is 2.79 bits per heavy atom. The van der Waals surface area contributed by atoms with Crippen molar-refractivity contribution in [2.75, 3.05) is 0 Å². The molecule has 0 aliphatic rings. The van der Waals surface area contributed by atoms with Crippen LogP contribution in [0.5, 0.6) is 11.6 Å². The third-order valence-electron chi connectivity index (χ3n) is 2.79. The number of carbonyl (C=O) groups excluding carboxylic acids is 1. The molecule has 3 N–H and O–H groups in total. The number of primary amides is 1. The molecule has 0 saturated heterocycles. The minimum atomic E-state index is -4.77. The third kappa shape index (κ3) is 3.77. The number of alkyl halides is 3. The molecule has 0 unspecified atom stereocenters. The Hall–Kier alpha value is -2.33. The number of amides is 1. The summed E-state index contributed by atoms with van der Waals surface area (Å²) in [5, 5.41) is 1.84. The van der Waals surface area contributed by atoms with Gasteiger partial charge in [0.25, 0.3) is 0 Å². The molecule has 5 nitrogen and oxygen atoms in total. The van der Waals surface area contributed by atoms with Crippen LogP contribution in [0.2, 0.25) is 0 Å². The van der Waals surface area contributed by atoms with Gasteiger partial charge >= 0.3 is 12.5 Å². The van der Waals surface area contributed by atoms with Crippen molar-refractivity contribution >= 4 is 39.4 Å². The second-order valence-electron chi connectivity index (χ2n) is 4.49. The minimum absolute atomic E-state index is 0.150. The molecule has 10 heteroatoms. The first-order valence-electron chi connectivity index (χ1n) is 6.42. The van der Waals surface area contributed by atoms with Crippen molar-refractivity contribution in [1.82, 2.24) is 4.98 Å². The fraction of sp³-hybridized carbons (Fsp3) is 0.0714. The van der Waals surface area contributed by atoms with Crippen LogP contribution in [0.4, 0.5) is 18.0 Å². The number of rotatable bonds is 4. The van der Waals surface area contributed by atoms with Gasteiger partial charge in [-0.05, 0) is 29.6 Å². The summed E-state index contributed by atoms with van der Waals surface area (Å²) in [5.41, 5.74) is 5.78. The molecule has 1 aromatic carbocycles. The molecular formula is C14H9F3N2O3S2. The summed E-state index contributed by atoms with van der Waals surface area (Å²) in [6.45, 7) is 0. The van der Waals surface area contributed by atoms with Crippen LogP contribution >= 0.6 is 23.1 Å². The van der Waals surface area contributed by atoms with E-state index in [1.807, 2.05) is 5.38 Å². The normalized spacial score (nSPS) is 11.6. The summed E-state index contributed by atoms with van der Waals surface area (Å²) in [7, 11) is 0. The lowest BCUT2D eigenvalue weighted by Gasteiger charge is -2.10. The number of nitrogens with two attached hydrogens (primary N) is 1. The summed E-state index contributed by atoms with van der Waals surface area (Å²) in [4.78, 5) is 15.0. The first-order chi connectivity index (χ1) is 11.3. The van der Waals surface area contributed by atoms with E-state index in [0.29, 0.717) is 9.79 Å². The number of halogens is 3. The molecular weight excluding hydrogens is 365 g/mol. The SMILES string of the molecule is NC(=O)Oc1[nH]c2ccsc2c1Sc1cccc(OC(F)(F)F)c1. The minimum Gasteiger partial charge on any atom is -0.406 e. The molecule has 1 amide bonds. The Kier molecular flexibility index (Phi) is 4.33. The van der Waals surface area contributed by atoms with Crippen LogP contribution < -0.4 is 15.2 Å². The molecule has 0 atom stereocenters. The highest BCUT2D eigenvalue weighted by Gasteiger charge is 2.31. The Bertz CT molecular complexity index is 889.